The Morgan fingerprint density at radius 2 is 1.88 bits per heavy atom. The van der Waals surface area contributed by atoms with E-state index in [0.717, 1.165) is 12.8 Å². The summed E-state index contributed by atoms with van der Waals surface area (Å²) in [6, 6.07) is 0. The predicted octanol–water partition coefficient (Wildman–Crippen LogP) is 2.18. The van der Waals surface area contributed by atoms with Crippen molar-refractivity contribution in [3.05, 3.63) is 0 Å². The molecule has 98 valence electrons. The molecule has 2 N–H and O–H groups in total. The lowest BCUT2D eigenvalue weighted by Gasteiger charge is -2.27. The maximum Gasteiger partial charge on any atom is 0.306 e. The Morgan fingerprint density at radius 3 is 2.35 bits per heavy atom. The molecule has 0 aromatic rings. The van der Waals surface area contributed by atoms with Crippen molar-refractivity contribution < 1.29 is 14.7 Å². The first-order valence-corrected chi connectivity index (χ1v) is 6.40. The summed E-state index contributed by atoms with van der Waals surface area (Å²) in [7, 11) is 0. The van der Waals surface area contributed by atoms with E-state index in [1.807, 2.05) is 13.8 Å². The number of rotatable bonds is 5. The SMILES string of the molecule is CCCC(C)(C)NC(=O)C1CCC(C(=O)O)C1. The van der Waals surface area contributed by atoms with E-state index in [9.17, 15) is 9.59 Å². The van der Waals surface area contributed by atoms with Gasteiger partial charge in [-0.2, -0.15) is 0 Å². The summed E-state index contributed by atoms with van der Waals surface area (Å²) in [6.07, 6.45) is 3.78. The molecule has 4 nitrogen and oxygen atoms in total. The maximum atomic E-state index is 12.0. The van der Waals surface area contributed by atoms with Gasteiger partial charge in [-0.3, -0.25) is 9.59 Å². The summed E-state index contributed by atoms with van der Waals surface area (Å²) in [6.45, 7) is 6.11. The second-order valence-corrected chi connectivity index (χ2v) is 5.67. The molecule has 1 saturated carbocycles. The Morgan fingerprint density at radius 1 is 1.29 bits per heavy atom. The lowest BCUT2D eigenvalue weighted by Crippen LogP contribution is -2.45. The molecular formula is C13H23NO3. The molecule has 1 aliphatic carbocycles. The van der Waals surface area contributed by atoms with Crippen LogP contribution in [0.4, 0.5) is 0 Å². The highest BCUT2D eigenvalue weighted by Crippen LogP contribution is 2.31. The second kappa shape index (κ2) is 5.52. The number of nitrogens with one attached hydrogen (secondary N) is 1. The molecule has 0 heterocycles. The number of carbonyl (C=O) groups is 2. The van der Waals surface area contributed by atoms with Crippen LogP contribution < -0.4 is 5.32 Å². The number of amides is 1. The van der Waals surface area contributed by atoms with Crippen LogP contribution in [0.1, 0.15) is 52.9 Å². The number of carboxylic acids is 1. The molecule has 4 heteroatoms. The zero-order valence-electron chi connectivity index (χ0n) is 11.0. The van der Waals surface area contributed by atoms with E-state index in [1.165, 1.54) is 0 Å². The fourth-order valence-corrected chi connectivity index (χ4v) is 2.57. The molecule has 0 spiro atoms. The summed E-state index contributed by atoms with van der Waals surface area (Å²) in [5.74, 6) is -1.20. The van der Waals surface area contributed by atoms with Crippen LogP contribution in [0.3, 0.4) is 0 Å². The largest absolute Gasteiger partial charge is 0.481 e. The molecule has 1 aliphatic rings. The third kappa shape index (κ3) is 4.02. The molecule has 0 aromatic heterocycles. The van der Waals surface area contributed by atoms with Gasteiger partial charge in [0.1, 0.15) is 0 Å². The number of carboxylic acid groups (broad SMARTS) is 1. The molecule has 0 saturated heterocycles. The lowest BCUT2D eigenvalue weighted by atomic mass is 9.96. The van der Waals surface area contributed by atoms with E-state index in [0.29, 0.717) is 19.3 Å². The minimum atomic E-state index is -0.770. The van der Waals surface area contributed by atoms with Crippen molar-refractivity contribution in [1.29, 1.82) is 0 Å². The topological polar surface area (TPSA) is 66.4 Å². The Hall–Kier alpha value is -1.06. The van der Waals surface area contributed by atoms with E-state index in [1.54, 1.807) is 0 Å². The average molecular weight is 241 g/mol. The molecule has 0 radical (unpaired) electrons. The number of aliphatic carboxylic acids is 1. The van der Waals surface area contributed by atoms with Crippen molar-refractivity contribution in [2.45, 2.75) is 58.4 Å². The van der Waals surface area contributed by atoms with Gasteiger partial charge in [-0.25, -0.2) is 0 Å². The van der Waals surface area contributed by atoms with E-state index in [4.69, 9.17) is 5.11 Å². The molecule has 0 aliphatic heterocycles. The third-order valence-electron chi connectivity index (χ3n) is 3.49. The van der Waals surface area contributed by atoms with Crippen LogP contribution in [0, 0.1) is 11.8 Å². The van der Waals surface area contributed by atoms with E-state index < -0.39 is 5.97 Å². The van der Waals surface area contributed by atoms with Crippen LogP contribution >= 0.6 is 0 Å². The summed E-state index contributed by atoms with van der Waals surface area (Å²) < 4.78 is 0. The second-order valence-electron chi connectivity index (χ2n) is 5.67. The molecule has 1 amide bonds. The van der Waals surface area contributed by atoms with Gasteiger partial charge >= 0.3 is 5.97 Å². The first-order chi connectivity index (χ1) is 7.85. The standard InChI is InChI=1S/C13H23NO3/c1-4-7-13(2,3)14-11(15)9-5-6-10(8-9)12(16)17/h9-10H,4-8H2,1-3H3,(H,14,15)(H,16,17). The quantitative estimate of drug-likeness (QED) is 0.775. The summed E-state index contributed by atoms with van der Waals surface area (Å²) in [4.78, 5) is 22.8. The van der Waals surface area contributed by atoms with Crippen LogP contribution in [-0.2, 0) is 9.59 Å². The minimum absolute atomic E-state index is 0.0206. The maximum absolute atomic E-state index is 12.0. The summed E-state index contributed by atoms with van der Waals surface area (Å²) in [5, 5.41) is 11.9. The molecule has 2 unspecified atom stereocenters. The fourth-order valence-electron chi connectivity index (χ4n) is 2.57. The third-order valence-corrected chi connectivity index (χ3v) is 3.49. The number of carbonyl (C=O) groups excluding carboxylic acids is 1. The molecule has 0 bridgehead atoms. The normalized spacial score (nSPS) is 24.6. The van der Waals surface area contributed by atoms with Gasteiger partial charge in [0.2, 0.25) is 5.91 Å². The van der Waals surface area contributed by atoms with Crippen molar-refractivity contribution in [2.75, 3.05) is 0 Å². The molecular weight excluding hydrogens is 218 g/mol. The van der Waals surface area contributed by atoms with Crippen molar-refractivity contribution in [3.63, 3.8) is 0 Å². The number of hydrogen-bond donors (Lipinski definition) is 2. The van der Waals surface area contributed by atoms with Gasteiger partial charge in [0, 0.05) is 11.5 Å². The van der Waals surface area contributed by atoms with Crippen molar-refractivity contribution in [2.24, 2.45) is 11.8 Å². The van der Waals surface area contributed by atoms with Crippen LogP contribution in [0.2, 0.25) is 0 Å². The Labute approximate surface area is 103 Å². The average Bonchev–Trinajstić information content (AvgIpc) is 2.64. The van der Waals surface area contributed by atoms with Gasteiger partial charge in [0.25, 0.3) is 0 Å². The molecule has 1 rings (SSSR count). The first kappa shape index (κ1) is 14.0. The highest BCUT2D eigenvalue weighted by molar-refractivity contribution is 5.81. The Bertz CT molecular complexity index is 299. The highest BCUT2D eigenvalue weighted by Gasteiger charge is 2.35. The molecule has 1 fully saturated rings. The van der Waals surface area contributed by atoms with Crippen LogP contribution in [0.15, 0.2) is 0 Å². The monoisotopic (exact) mass is 241 g/mol. The van der Waals surface area contributed by atoms with Gasteiger partial charge in [0.05, 0.1) is 5.92 Å². The highest BCUT2D eigenvalue weighted by atomic mass is 16.4. The predicted molar refractivity (Wildman–Crippen MR) is 65.6 cm³/mol. The Kier molecular flexibility index (Phi) is 4.54. The van der Waals surface area contributed by atoms with Crippen LogP contribution in [0.5, 0.6) is 0 Å². The van der Waals surface area contributed by atoms with Gasteiger partial charge in [0.15, 0.2) is 0 Å². The zero-order chi connectivity index (χ0) is 13.1. The van der Waals surface area contributed by atoms with Crippen LogP contribution in [-0.4, -0.2) is 22.5 Å². The first-order valence-electron chi connectivity index (χ1n) is 6.40. The van der Waals surface area contributed by atoms with Gasteiger partial charge in [-0.05, 0) is 39.5 Å². The smallest absolute Gasteiger partial charge is 0.306 e. The van der Waals surface area contributed by atoms with Gasteiger partial charge in [-0.15, -0.1) is 0 Å². The van der Waals surface area contributed by atoms with Gasteiger partial charge in [-0.1, -0.05) is 13.3 Å². The number of hydrogen-bond acceptors (Lipinski definition) is 2. The zero-order valence-corrected chi connectivity index (χ0v) is 11.0. The van der Waals surface area contributed by atoms with Crippen LogP contribution in [0.25, 0.3) is 0 Å². The summed E-state index contributed by atoms with van der Waals surface area (Å²) in [5.41, 5.74) is -0.187. The lowest BCUT2D eigenvalue weighted by molar-refractivity contribution is -0.141. The summed E-state index contributed by atoms with van der Waals surface area (Å²) >= 11 is 0. The molecule has 0 aromatic carbocycles. The van der Waals surface area contributed by atoms with E-state index in [2.05, 4.69) is 12.2 Å². The molecule has 17 heavy (non-hydrogen) atoms. The molecule has 2 atom stereocenters. The van der Waals surface area contributed by atoms with E-state index >= 15 is 0 Å². The van der Waals surface area contributed by atoms with Crippen molar-refractivity contribution in [1.82, 2.24) is 5.32 Å². The minimum Gasteiger partial charge on any atom is -0.481 e. The van der Waals surface area contributed by atoms with Crippen molar-refractivity contribution >= 4 is 11.9 Å². The fraction of sp³-hybridized carbons (Fsp3) is 0.846. The Balaban J connectivity index is 2.47. The van der Waals surface area contributed by atoms with E-state index in [-0.39, 0.29) is 23.3 Å². The van der Waals surface area contributed by atoms with Gasteiger partial charge < -0.3 is 10.4 Å². The van der Waals surface area contributed by atoms with Crippen molar-refractivity contribution in [3.8, 4) is 0 Å².